The highest BCUT2D eigenvalue weighted by molar-refractivity contribution is 6.31. The second-order valence-electron chi connectivity index (χ2n) is 4.52. The molecule has 88 valence electrons. The molecule has 0 amide bonds. The molecule has 1 fully saturated rings. The largest absolute Gasteiger partial charge is 0.340 e. The molecular formula is C10H14Cl2N4. The monoisotopic (exact) mass is 260 g/mol. The molecule has 1 aliphatic rings. The highest BCUT2D eigenvalue weighted by Gasteiger charge is 2.24. The number of aromatic nitrogens is 3. The SMILES string of the molecule is CC1CC(C)CN(c2nc(Cl)nc(Cl)n2)C1. The molecule has 0 radical (unpaired) electrons. The minimum absolute atomic E-state index is 0.154. The fourth-order valence-corrected chi connectivity index (χ4v) is 2.64. The van der Waals surface area contributed by atoms with E-state index in [0.717, 1.165) is 13.1 Å². The molecule has 2 rings (SSSR count). The molecule has 2 unspecified atom stereocenters. The van der Waals surface area contributed by atoms with Crippen LogP contribution in [0.5, 0.6) is 0 Å². The number of rotatable bonds is 1. The van der Waals surface area contributed by atoms with Gasteiger partial charge in [-0.3, -0.25) is 0 Å². The van der Waals surface area contributed by atoms with Crippen LogP contribution in [0.25, 0.3) is 0 Å². The van der Waals surface area contributed by atoms with Crippen LogP contribution < -0.4 is 4.90 Å². The number of hydrogen-bond acceptors (Lipinski definition) is 4. The first-order valence-electron chi connectivity index (χ1n) is 5.36. The van der Waals surface area contributed by atoms with Crippen molar-refractivity contribution in [3.63, 3.8) is 0 Å². The highest BCUT2D eigenvalue weighted by atomic mass is 35.5. The second-order valence-corrected chi connectivity index (χ2v) is 5.20. The molecule has 16 heavy (non-hydrogen) atoms. The predicted molar refractivity (Wildman–Crippen MR) is 65.0 cm³/mol. The van der Waals surface area contributed by atoms with E-state index in [2.05, 4.69) is 33.7 Å². The number of nitrogens with zero attached hydrogens (tertiary/aromatic N) is 4. The Morgan fingerprint density at radius 3 is 2.00 bits per heavy atom. The van der Waals surface area contributed by atoms with Crippen LogP contribution in [0.4, 0.5) is 5.95 Å². The van der Waals surface area contributed by atoms with Crippen LogP contribution in [0.1, 0.15) is 20.3 Å². The van der Waals surface area contributed by atoms with Crippen molar-refractivity contribution in [3.05, 3.63) is 10.6 Å². The van der Waals surface area contributed by atoms with Gasteiger partial charge in [-0.25, -0.2) is 0 Å². The summed E-state index contributed by atoms with van der Waals surface area (Å²) in [6.07, 6.45) is 1.24. The van der Waals surface area contributed by atoms with Crippen LogP contribution in [-0.4, -0.2) is 28.0 Å². The second kappa shape index (κ2) is 4.72. The van der Waals surface area contributed by atoms with Crippen LogP contribution in [0.2, 0.25) is 10.6 Å². The molecule has 0 spiro atoms. The molecule has 2 atom stereocenters. The first-order chi connectivity index (χ1) is 7.54. The summed E-state index contributed by atoms with van der Waals surface area (Å²) in [6, 6.07) is 0. The van der Waals surface area contributed by atoms with Crippen LogP contribution in [0.15, 0.2) is 0 Å². The van der Waals surface area contributed by atoms with Crippen molar-refractivity contribution < 1.29 is 0 Å². The Kier molecular flexibility index (Phi) is 3.50. The van der Waals surface area contributed by atoms with Gasteiger partial charge in [0.2, 0.25) is 16.5 Å². The first kappa shape index (κ1) is 11.9. The van der Waals surface area contributed by atoms with Gasteiger partial charge in [-0.1, -0.05) is 13.8 Å². The minimum atomic E-state index is 0.154. The maximum Gasteiger partial charge on any atom is 0.230 e. The summed E-state index contributed by atoms with van der Waals surface area (Å²) in [5, 5.41) is 0.307. The Balaban J connectivity index is 2.22. The van der Waals surface area contributed by atoms with Crippen molar-refractivity contribution in [3.8, 4) is 0 Å². The molecule has 2 heterocycles. The van der Waals surface area contributed by atoms with Crippen LogP contribution in [0.3, 0.4) is 0 Å². The molecule has 0 bridgehead atoms. The lowest BCUT2D eigenvalue weighted by atomic mass is 9.92. The van der Waals surface area contributed by atoms with Crippen LogP contribution >= 0.6 is 23.2 Å². The maximum absolute atomic E-state index is 5.77. The highest BCUT2D eigenvalue weighted by Crippen LogP contribution is 2.24. The van der Waals surface area contributed by atoms with E-state index in [-0.39, 0.29) is 10.6 Å². The van der Waals surface area contributed by atoms with Crippen molar-refractivity contribution in [1.29, 1.82) is 0 Å². The Morgan fingerprint density at radius 2 is 1.50 bits per heavy atom. The fourth-order valence-electron chi connectivity index (χ4n) is 2.28. The average molecular weight is 261 g/mol. The van der Waals surface area contributed by atoms with Gasteiger partial charge in [0.15, 0.2) is 0 Å². The molecule has 0 aliphatic carbocycles. The Bertz CT molecular complexity index is 355. The van der Waals surface area contributed by atoms with Gasteiger partial charge in [0.25, 0.3) is 0 Å². The molecular weight excluding hydrogens is 247 g/mol. The zero-order valence-electron chi connectivity index (χ0n) is 9.32. The Morgan fingerprint density at radius 1 is 1.00 bits per heavy atom. The smallest absolute Gasteiger partial charge is 0.230 e. The quantitative estimate of drug-likeness (QED) is 0.779. The van der Waals surface area contributed by atoms with E-state index in [9.17, 15) is 0 Å². The number of hydrogen-bond donors (Lipinski definition) is 0. The van der Waals surface area contributed by atoms with Gasteiger partial charge in [0.1, 0.15) is 0 Å². The minimum Gasteiger partial charge on any atom is -0.340 e. The van der Waals surface area contributed by atoms with E-state index < -0.39 is 0 Å². The van der Waals surface area contributed by atoms with E-state index in [1.165, 1.54) is 6.42 Å². The van der Waals surface area contributed by atoms with Gasteiger partial charge >= 0.3 is 0 Å². The van der Waals surface area contributed by atoms with Crippen molar-refractivity contribution in [2.24, 2.45) is 11.8 Å². The Labute approximate surface area is 105 Å². The maximum atomic E-state index is 5.77. The van der Waals surface area contributed by atoms with E-state index in [1.54, 1.807) is 0 Å². The van der Waals surface area contributed by atoms with E-state index in [0.29, 0.717) is 17.8 Å². The van der Waals surface area contributed by atoms with Gasteiger partial charge in [0, 0.05) is 13.1 Å². The number of anilines is 1. The first-order valence-corrected chi connectivity index (χ1v) is 6.12. The fraction of sp³-hybridized carbons (Fsp3) is 0.700. The summed E-state index contributed by atoms with van der Waals surface area (Å²) in [5.74, 6) is 1.86. The average Bonchev–Trinajstić information content (AvgIpc) is 2.14. The van der Waals surface area contributed by atoms with Crippen molar-refractivity contribution in [2.45, 2.75) is 20.3 Å². The molecule has 0 saturated carbocycles. The van der Waals surface area contributed by atoms with Crippen molar-refractivity contribution >= 4 is 29.2 Å². The van der Waals surface area contributed by atoms with E-state index in [4.69, 9.17) is 23.2 Å². The third-order valence-corrected chi connectivity index (χ3v) is 3.06. The molecule has 1 saturated heterocycles. The molecule has 4 nitrogen and oxygen atoms in total. The predicted octanol–water partition coefficient (Wildman–Crippen LogP) is 2.66. The van der Waals surface area contributed by atoms with Crippen LogP contribution in [-0.2, 0) is 0 Å². The zero-order valence-corrected chi connectivity index (χ0v) is 10.8. The number of piperidine rings is 1. The lowest BCUT2D eigenvalue weighted by Crippen LogP contribution is -2.39. The topological polar surface area (TPSA) is 41.9 Å². The van der Waals surface area contributed by atoms with Crippen molar-refractivity contribution in [1.82, 2.24) is 15.0 Å². The summed E-state index contributed by atoms with van der Waals surface area (Å²) >= 11 is 11.5. The zero-order chi connectivity index (χ0) is 11.7. The summed E-state index contributed by atoms with van der Waals surface area (Å²) in [4.78, 5) is 14.1. The summed E-state index contributed by atoms with van der Waals surface area (Å²) in [6.45, 7) is 6.35. The summed E-state index contributed by atoms with van der Waals surface area (Å²) < 4.78 is 0. The van der Waals surface area contributed by atoms with Crippen LogP contribution in [0, 0.1) is 11.8 Å². The van der Waals surface area contributed by atoms with Crippen molar-refractivity contribution in [2.75, 3.05) is 18.0 Å². The van der Waals surface area contributed by atoms with Gasteiger partial charge in [-0.2, -0.15) is 15.0 Å². The molecule has 1 aromatic rings. The van der Waals surface area contributed by atoms with Gasteiger partial charge < -0.3 is 4.90 Å². The van der Waals surface area contributed by atoms with Gasteiger partial charge in [0.05, 0.1) is 0 Å². The molecule has 0 N–H and O–H groups in total. The molecule has 1 aromatic heterocycles. The lowest BCUT2D eigenvalue weighted by molar-refractivity contribution is 0.353. The third-order valence-electron chi connectivity index (χ3n) is 2.72. The Hall–Kier alpha value is -0.610. The standard InChI is InChI=1S/C10H14Cl2N4/c1-6-3-7(2)5-16(4-6)10-14-8(11)13-9(12)15-10/h6-7H,3-5H2,1-2H3. The summed E-state index contributed by atoms with van der Waals surface area (Å²) in [5.41, 5.74) is 0. The molecule has 1 aliphatic heterocycles. The molecule has 6 heteroatoms. The summed E-state index contributed by atoms with van der Waals surface area (Å²) in [7, 11) is 0. The normalized spacial score (nSPS) is 25.9. The lowest BCUT2D eigenvalue weighted by Gasteiger charge is -2.34. The van der Waals surface area contributed by atoms with Gasteiger partial charge in [-0.05, 0) is 41.5 Å². The van der Waals surface area contributed by atoms with E-state index in [1.807, 2.05) is 0 Å². The number of halogens is 2. The van der Waals surface area contributed by atoms with E-state index >= 15 is 0 Å². The molecule has 0 aromatic carbocycles. The van der Waals surface area contributed by atoms with Gasteiger partial charge in [-0.15, -0.1) is 0 Å². The third kappa shape index (κ3) is 2.74.